The van der Waals surface area contributed by atoms with Gasteiger partial charge in [-0.05, 0) is 13.0 Å². The minimum atomic E-state index is -1.23. The highest BCUT2D eigenvalue weighted by atomic mass is 16.6. The van der Waals surface area contributed by atoms with Crippen LogP contribution in [-0.4, -0.2) is 48.6 Å². The number of ether oxygens (including phenoxy) is 1. The smallest absolute Gasteiger partial charge is 0.328 e. The van der Waals surface area contributed by atoms with Crippen molar-refractivity contribution in [1.82, 2.24) is 4.90 Å². The largest absolute Gasteiger partial charge is 0.465 e. The number of carbonyl (C=O) groups is 2. The molecule has 0 aliphatic carbocycles. The minimum absolute atomic E-state index is 0.00833. The summed E-state index contributed by atoms with van der Waals surface area (Å²) >= 11 is 0. The first-order chi connectivity index (χ1) is 11.3. The lowest BCUT2D eigenvalue weighted by Crippen LogP contribution is -2.22. The van der Waals surface area contributed by atoms with Gasteiger partial charge in [-0.3, -0.25) is 24.7 Å². The Hall–Kier alpha value is -3.28. The molecule has 1 rings (SSSR count). The zero-order chi connectivity index (χ0) is 18.3. The molecule has 0 saturated carbocycles. The second-order valence-electron chi connectivity index (χ2n) is 4.80. The molecule has 0 aliphatic heterocycles. The van der Waals surface area contributed by atoms with E-state index in [1.54, 1.807) is 13.0 Å². The van der Waals surface area contributed by atoms with Crippen LogP contribution in [0.15, 0.2) is 23.2 Å². The van der Waals surface area contributed by atoms with E-state index in [1.165, 1.54) is 31.1 Å². The van der Waals surface area contributed by atoms with Crippen LogP contribution < -0.4 is 0 Å². The number of nitro benzene ring substituents is 1. The zero-order valence-electron chi connectivity index (χ0n) is 13.4. The van der Waals surface area contributed by atoms with Crippen molar-refractivity contribution in [2.75, 3.05) is 20.7 Å². The molecule has 0 saturated heterocycles. The van der Waals surface area contributed by atoms with Gasteiger partial charge in [-0.1, -0.05) is 0 Å². The van der Waals surface area contributed by atoms with Gasteiger partial charge in [0.2, 0.25) is 0 Å². The van der Waals surface area contributed by atoms with Crippen molar-refractivity contribution in [3.63, 3.8) is 0 Å². The molecule has 9 heteroatoms. The van der Waals surface area contributed by atoms with Gasteiger partial charge >= 0.3 is 5.97 Å². The number of benzene rings is 1. The molecule has 0 fully saturated rings. The fraction of sp³-hybridized carbons (Fsp3) is 0.333. The van der Waals surface area contributed by atoms with Crippen molar-refractivity contribution in [3.05, 3.63) is 33.9 Å². The molecule has 0 radical (unpaired) electrons. The summed E-state index contributed by atoms with van der Waals surface area (Å²) in [7, 11) is 2.98. The Morgan fingerprint density at radius 1 is 1.50 bits per heavy atom. The summed E-state index contributed by atoms with van der Waals surface area (Å²) in [5.74, 6) is -2.48. The van der Waals surface area contributed by atoms with Crippen LogP contribution in [0, 0.1) is 27.4 Å². The number of carbonyl (C=O) groups excluding carboxylic acids is 2. The minimum Gasteiger partial charge on any atom is -0.465 e. The molecular formula is C15H16N4O5. The van der Waals surface area contributed by atoms with Crippen LogP contribution in [0.25, 0.3) is 0 Å². The molecule has 0 bridgehead atoms. The van der Waals surface area contributed by atoms with Gasteiger partial charge in [-0.15, -0.1) is 0 Å². The maximum atomic E-state index is 12.2. The van der Waals surface area contributed by atoms with Crippen LogP contribution in [0.5, 0.6) is 0 Å². The predicted molar refractivity (Wildman–Crippen MR) is 85.0 cm³/mol. The number of nitro groups is 1. The van der Waals surface area contributed by atoms with E-state index in [-0.39, 0.29) is 23.5 Å². The molecule has 1 amide bonds. The Morgan fingerprint density at radius 3 is 2.67 bits per heavy atom. The number of nitrogens with zero attached hydrogens (tertiary/aromatic N) is 4. The van der Waals surface area contributed by atoms with Crippen LogP contribution in [-0.2, 0) is 9.53 Å². The summed E-state index contributed by atoms with van der Waals surface area (Å²) in [6.45, 7) is 1.72. The number of rotatable bonds is 6. The fourth-order valence-corrected chi connectivity index (χ4v) is 1.70. The number of hydrogen-bond donors (Lipinski definition) is 0. The number of esters is 1. The maximum absolute atomic E-state index is 12.2. The van der Waals surface area contributed by atoms with Gasteiger partial charge in [0.25, 0.3) is 11.6 Å². The van der Waals surface area contributed by atoms with E-state index in [0.717, 1.165) is 12.3 Å². The molecule has 1 aromatic carbocycles. The Bertz CT molecular complexity index is 721. The molecule has 0 aliphatic rings. The molecule has 1 aromatic rings. The monoisotopic (exact) mass is 332 g/mol. The van der Waals surface area contributed by atoms with Crippen molar-refractivity contribution in [3.8, 4) is 6.07 Å². The molecule has 0 N–H and O–H groups in total. The Morgan fingerprint density at radius 2 is 2.17 bits per heavy atom. The molecule has 0 heterocycles. The molecule has 24 heavy (non-hydrogen) atoms. The highest BCUT2D eigenvalue weighted by Crippen LogP contribution is 2.25. The van der Waals surface area contributed by atoms with E-state index in [9.17, 15) is 19.7 Å². The van der Waals surface area contributed by atoms with Crippen molar-refractivity contribution < 1.29 is 19.2 Å². The first-order valence-electron chi connectivity index (χ1n) is 6.92. The van der Waals surface area contributed by atoms with Crippen LogP contribution in [0.3, 0.4) is 0 Å². The highest BCUT2D eigenvalue weighted by molar-refractivity contribution is 6.01. The van der Waals surface area contributed by atoms with Crippen molar-refractivity contribution in [1.29, 1.82) is 5.26 Å². The Balaban J connectivity index is 3.25. The van der Waals surface area contributed by atoms with Gasteiger partial charge in [0.15, 0.2) is 5.92 Å². The third-order valence-electron chi connectivity index (χ3n) is 2.87. The van der Waals surface area contributed by atoms with E-state index in [0.29, 0.717) is 0 Å². The zero-order valence-corrected chi connectivity index (χ0v) is 13.4. The summed E-state index contributed by atoms with van der Waals surface area (Å²) in [5, 5.41) is 19.8. The molecular weight excluding hydrogens is 316 g/mol. The van der Waals surface area contributed by atoms with Crippen LogP contribution in [0.1, 0.15) is 17.3 Å². The average Bonchev–Trinajstić information content (AvgIpc) is 2.54. The number of non-ortho nitro benzene ring substituents is 1. The highest BCUT2D eigenvalue weighted by Gasteiger charge is 2.20. The van der Waals surface area contributed by atoms with E-state index >= 15 is 0 Å². The van der Waals surface area contributed by atoms with Gasteiger partial charge in [-0.2, -0.15) is 5.26 Å². The first-order valence-corrected chi connectivity index (χ1v) is 6.92. The van der Waals surface area contributed by atoms with Crippen molar-refractivity contribution in [2.24, 2.45) is 10.9 Å². The summed E-state index contributed by atoms with van der Waals surface area (Å²) < 4.78 is 4.73. The van der Waals surface area contributed by atoms with Gasteiger partial charge < -0.3 is 9.64 Å². The number of hydrogen-bond acceptors (Lipinski definition) is 7. The molecule has 0 spiro atoms. The molecule has 126 valence electrons. The summed E-state index contributed by atoms with van der Waals surface area (Å²) in [5.41, 5.74) is -0.156. The molecule has 0 unspecified atom stereocenters. The van der Waals surface area contributed by atoms with Gasteiger partial charge in [-0.25, -0.2) is 0 Å². The maximum Gasteiger partial charge on any atom is 0.328 e. The van der Waals surface area contributed by atoms with Crippen LogP contribution in [0.2, 0.25) is 0 Å². The number of nitriles is 1. The lowest BCUT2D eigenvalue weighted by molar-refractivity contribution is -0.384. The second kappa shape index (κ2) is 8.38. The number of amides is 1. The Labute approximate surface area is 138 Å². The van der Waals surface area contributed by atoms with Gasteiger partial charge in [0.05, 0.1) is 28.9 Å². The lowest BCUT2D eigenvalue weighted by Gasteiger charge is -2.12. The standard InChI is InChI=1S/C15H16N4O5/c1-4-24-15(21)10(8-16)9-17-13-6-5-11(19(22)23)7-12(13)14(20)18(2)3/h5-7,9-10H,4H2,1-3H3/t10-/m1/s1. The summed E-state index contributed by atoms with van der Waals surface area (Å²) in [4.78, 5) is 39.2. The lowest BCUT2D eigenvalue weighted by atomic mass is 10.1. The third kappa shape index (κ3) is 4.61. The SMILES string of the molecule is CCOC(=O)[C@H](C#N)C=Nc1ccc([N+](=O)[O-])cc1C(=O)N(C)C. The van der Waals surface area contributed by atoms with Crippen LogP contribution in [0.4, 0.5) is 11.4 Å². The van der Waals surface area contributed by atoms with E-state index in [2.05, 4.69) is 4.99 Å². The van der Waals surface area contributed by atoms with Gasteiger partial charge in [0.1, 0.15) is 0 Å². The predicted octanol–water partition coefficient (Wildman–Crippen LogP) is 1.70. The normalized spacial score (nSPS) is 11.6. The molecule has 0 aromatic heterocycles. The van der Waals surface area contributed by atoms with Crippen molar-refractivity contribution in [2.45, 2.75) is 6.92 Å². The fourth-order valence-electron chi connectivity index (χ4n) is 1.70. The third-order valence-corrected chi connectivity index (χ3v) is 2.87. The first kappa shape index (κ1) is 18.8. The van der Waals surface area contributed by atoms with E-state index in [1.807, 2.05) is 0 Å². The van der Waals surface area contributed by atoms with Gasteiger partial charge in [0, 0.05) is 32.4 Å². The Kier molecular flexibility index (Phi) is 6.55. The molecule has 9 nitrogen and oxygen atoms in total. The number of aliphatic imine (C=N–C) groups is 1. The van der Waals surface area contributed by atoms with E-state index in [4.69, 9.17) is 10.00 Å². The molecule has 1 atom stereocenters. The second-order valence-corrected chi connectivity index (χ2v) is 4.80. The van der Waals surface area contributed by atoms with E-state index < -0.39 is 22.7 Å². The van der Waals surface area contributed by atoms with Crippen molar-refractivity contribution >= 4 is 29.5 Å². The quantitative estimate of drug-likeness (QED) is 0.338. The van der Waals surface area contributed by atoms with Crippen LogP contribution >= 0.6 is 0 Å². The topological polar surface area (TPSA) is 126 Å². The summed E-state index contributed by atoms with van der Waals surface area (Å²) in [6, 6.07) is 5.30. The summed E-state index contributed by atoms with van der Waals surface area (Å²) in [6.07, 6.45) is 1.05. The average molecular weight is 332 g/mol.